The minimum atomic E-state index is -0.754. The third kappa shape index (κ3) is 5.67. The molecule has 2 aromatic rings. The van der Waals surface area contributed by atoms with Crippen LogP contribution in [-0.4, -0.2) is 45.2 Å². The average molecular weight is 483 g/mol. The van der Waals surface area contributed by atoms with E-state index in [0.717, 1.165) is 37.0 Å². The van der Waals surface area contributed by atoms with Gasteiger partial charge in [-0.3, -0.25) is 9.59 Å². The van der Waals surface area contributed by atoms with Gasteiger partial charge in [-0.25, -0.2) is 4.79 Å². The van der Waals surface area contributed by atoms with Gasteiger partial charge in [-0.05, 0) is 18.9 Å². The largest absolute Gasteiger partial charge is 0.493 e. The fourth-order valence-corrected chi connectivity index (χ4v) is 4.51. The van der Waals surface area contributed by atoms with E-state index < -0.39 is 18.5 Å². The molecule has 4 rings (SSSR count). The van der Waals surface area contributed by atoms with Crippen molar-refractivity contribution in [2.75, 3.05) is 32.8 Å². The Morgan fingerprint density at radius 3 is 2.46 bits per heavy atom. The fraction of sp³-hybridized carbons (Fsp3) is 0.423. The summed E-state index contributed by atoms with van der Waals surface area (Å²) in [4.78, 5) is 38.3. The molecule has 1 unspecified atom stereocenters. The molecule has 2 aliphatic rings. The third-order valence-electron chi connectivity index (χ3n) is 6.36. The Labute approximate surface area is 204 Å². The lowest BCUT2D eigenvalue weighted by Gasteiger charge is -2.26. The number of fused-ring (bicyclic) bond motifs is 1. The molecule has 2 N–H and O–H groups in total. The van der Waals surface area contributed by atoms with Crippen LogP contribution in [0.25, 0.3) is 0 Å². The number of esters is 1. The zero-order chi connectivity index (χ0) is 24.8. The second kappa shape index (κ2) is 11.1. The zero-order valence-electron chi connectivity index (χ0n) is 19.9. The van der Waals surface area contributed by atoms with Crippen LogP contribution in [0, 0.1) is 5.92 Å². The van der Waals surface area contributed by atoms with E-state index in [0.29, 0.717) is 24.5 Å². The third-order valence-corrected chi connectivity index (χ3v) is 6.36. The first-order valence-electron chi connectivity index (χ1n) is 11.7. The second-order valence-corrected chi connectivity index (χ2v) is 8.59. The molecule has 9 nitrogen and oxygen atoms in total. The molecular formula is C26H30N2O7. The molecule has 0 spiro atoms. The number of nitrogens with one attached hydrogen (secondary N) is 2. The maximum atomic E-state index is 13.0. The van der Waals surface area contributed by atoms with Crippen LogP contribution in [0.15, 0.2) is 36.4 Å². The van der Waals surface area contributed by atoms with Gasteiger partial charge >= 0.3 is 5.97 Å². The molecular weight excluding hydrogens is 452 g/mol. The molecule has 186 valence electrons. The van der Waals surface area contributed by atoms with Gasteiger partial charge in [0.1, 0.15) is 5.75 Å². The molecule has 0 radical (unpaired) electrons. The van der Waals surface area contributed by atoms with Crippen molar-refractivity contribution in [3.05, 3.63) is 47.5 Å². The number of carbonyl (C=O) groups excluding carboxylic acids is 3. The highest BCUT2D eigenvalue weighted by molar-refractivity contribution is 6.03. The molecule has 1 aliphatic heterocycles. The number of benzene rings is 2. The maximum Gasteiger partial charge on any atom is 0.340 e. The molecule has 1 saturated carbocycles. The van der Waals surface area contributed by atoms with Crippen LogP contribution < -0.4 is 24.8 Å². The lowest BCUT2D eigenvalue weighted by atomic mass is 10.0. The predicted octanol–water partition coefficient (Wildman–Crippen LogP) is 3.63. The number of para-hydroxylation sites is 1. The van der Waals surface area contributed by atoms with Crippen molar-refractivity contribution >= 4 is 23.5 Å². The van der Waals surface area contributed by atoms with Gasteiger partial charge in [0.15, 0.2) is 18.1 Å². The minimum Gasteiger partial charge on any atom is -0.493 e. The summed E-state index contributed by atoms with van der Waals surface area (Å²) in [6.45, 7) is 0.0140. The topological polar surface area (TPSA) is 112 Å². The number of hydrogen-bond donors (Lipinski definition) is 2. The summed E-state index contributed by atoms with van der Waals surface area (Å²) in [7, 11) is 2.92. The number of hydrogen-bond acceptors (Lipinski definition) is 7. The summed E-state index contributed by atoms with van der Waals surface area (Å²) in [5.41, 5.74) is 1.22. The summed E-state index contributed by atoms with van der Waals surface area (Å²) >= 11 is 0. The van der Waals surface area contributed by atoms with Crippen molar-refractivity contribution in [2.24, 2.45) is 5.92 Å². The number of carbonyl (C=O) groups is 3. The Morgan fingerprint density at radius 2 is 1.71 bits per heavy atom. The van der Waals surface area contributed by atoms with E-state index >= 15 is 0 Å². The van der Waals surface area contributed by atoms with E-state index in [1.807, 2.05) is 24.3 Å². The van der Waals surface area contributed by atoms with Gasteiger partial charge in [-0.1, -0.05) is 31.0 Å². The highest BCUT2D eigenvalue weighted by Gasteiger charge is 2.27. The molecule has 0 bridgehead atoms. The number of amides is 2. The lowest BCUT2D eigenvalue weighted by molar-refractivity contribution is -0.125. The van der Waals surface area contributed by atoms with E-state index in [2.05, 4.69) is 10.6 Å². The van der Waals surface area contributed by atoms with Crippen molar-refractivity contribution in [3.63, 3.8) is 0 Å². The number of ether oxygens (including phenoxy) is 4. The Morgan fingerprint density at radius 1 is 1.00 bits per heavy atom. The molecule has 9 heteroatoms. The zero-order valence-corrected chi connectivity index (χ0v) is 19.9. The first kappa shape index (κ1) is 24.4. The Kier molecular flexibility index (Phi) is 7.74. The first-order chi connectivity index (χ1) is 17.0. The monoisotopic (exact) mass is 482 g/mol. The van der Waals surface area contributed by atoms with Gasteiger partial charge in [-0.2, -0.15) is 0 Å². The average Bonchev–Trinajstić information content (AvgIpc) is 3.42. The summed E-state index contributed by atoms with van der Waals surface area (Å²) in [5, 5.41) is 5.73. The standard InChI is InChI=1S/C26H30N2O7/c1-32-22-13-18(20(14-23(22)33-2)28-25(30)16-7-3-4-8-16)26(31)35-15-24(29)27-19-11-12-34-21-10-6-5-9-17(19)21/h5-6,9-10,13-14,16,19H,3-4,7-8,11-12,15H2,1-2H3,(H,27,29)(H,28,30). The summed E-state index contributed by atoms with van der Waals surface area (Å²) < 4.78 is 21.6. The van der Waals surface area contributed by atoms with E-state index in [1.165, 1.54) is 26.4 Å². The van der Waals surface area contributed by atoms with Crippen LogP contribution in [-0.2, 0) is 14.3 Å². The molecule has 2 aromatic carbocycles. The van der Waals surface area contributed by atoms with Gasteiger partial charge in [0.2, 0.25) is 5.91 Å². The number of methoxy groups -OCH3 is 2. The Hall–Kier alpha value is -3.75. The molecule has 1 atom stereocenters. The summed E-state index contributed by atoms with van der Waals surface area (Å²) in [6, 6.07) is 10.2. The highest BCUT2D eigenvalue weighted by atomic mass is 16.5. The van der Waals surface area contributed by atoms with Crippen LogP contribution in [0.3, 0.4) is 0 Å². The minimum absolute atomic E-state index is 0.0817. The van der Waals surface area contributed by atoms with Crippen molar-refractivity contribution in [3.8, 4) is 17.2 Å². The van der Waals surface area contributed by atoms with Crippen molar-refractivity contribution in [2.45, 2.75) is 38.1 Å². The van der Waals surface area contributed by atoms with Gasteiger partial charge in [-0.15, -0.1) is 0 Å². The fourth-order valence-electron chi connectivity index (χ4n) is 4.51. The second-order valence-electron chi connectivity index (χ2n) is 8.59. The van der Waals surface area contributed by atoms with Crippen LogP contribution in [0.4, 0.5) is 5.69 Å². The SMILES string of the molecule is COc1cc(NC(=O)C2CCCC2)c(C(=O)OCC(=O)NC2CCOc3ccccc32)cc1OC. The van der Waals surface area contributed by atoms with E-state index in [-0.39, 0.29) is 29.1 Å². The van der Waals surface area contributed by atoms with Crippen molar-refractivity contribution in [1.29, 1.82) is 0 Å². The molecule has 35 heavy (non-hydrogen) atoms. The maximum absolute atomic E-state index is 13.0. The number of anilines is 1. The molecule has 2 amide bonds. The highest BCUT2D eigenvalue weighted by Crippen LogP contribution is 2.35. The molecule has 1 fully saturated rings. The summed E-state index contributed by atoms with van der Waals surface area (Å²) in [5.74, 6) is -0.0376. The lowest BCUT2D eigenvalue weighted by Crippen LogP contribution is -2.35. The van der Waals surface area contributed by atoms with Crippen LogP contribution in [0.1, 0.15) is 54.1 Å². The Bertz CT molecular complexity index is 1100. The van der Waals surface area contributed by atoms with Crippen LogP contribution >= 0.6 is 0 Å². The normalized spacial score (nSPS) is 17.0. The molecule has 1 aliphatic carbocycles. The molecule has 1 heterocycles. The van der Waals surface area contributed by atoms with Gasteiger partial charge in [0, 0.05) is 30.0 Å². The van der Waals surface area contributed by atoms with Gasteiger partial charge in [0.05, 0.1) is 38.1 Å². The quantitative estimate of drug-likeness (QED) is 0.553. The smallest absolute Gasteiger partial charge is 0.340 e. The van der Waals surface area contributed by atoms with Crippen LogP contribution in [0.5, 0.6) is 17.2 Å². The summed E-state index contributed by atoms with van der Waals surface area (Å²) in [6.07, 6.45) is 4.25. The Balaban J connectivity index is 1.45. The van der Waals surface area contributed by atoms with Crippen molar-refractivity contribution < 1.29 is 33.3 Å². The van der Waals surface area contributed by atoms with Gasteiger partial charge < -0.3 is 29.6 Å². The van der Waals surface area contributed by atoms with E-state index in [4.69, 9.17) is 18.9 Å². The van der Waals surface area contributed by atoms with Crippen molar-refractivity contribution in [1.82, 2.24) is 5.32 Å². The van der Waals surface area contributed by atoms with Gasteiger partial charge in [0.25, 0.3) is 5.91 Å². The van der Waals surface area contributed by atoms with E-state index in [9.17, 15) is 14.4 Å². The molecule has 0 saturated heterocycles. The number of rotatable bonds is 8. The molecule has 0 aromatic heterocycles. The van der Waals surface area contributed by atoms with Crippen LogP contribution in [0.2, 0.25) is 0 Å². The predicted molar refractivity (Wildman–Crippen MR) is 128 cm³/mol. The van der Waals surface area contributed by atoms with E-state index in [1.54, 1.807) is 0 Å². The first-order valence-corrected chi connectivity index (χ1v) is 11.7.